The average Bonchev–Trinajstić information content (AvgIpc) is 3.13. The lowest BCUT2D eigenvalue weighted by molar-refractivity contribution is -0.139. The molecule has 1 saturated heterocycles. The van der Waals surface area contributed by atoms with Crippen molar-refractivity contribution in [3.8, 4) is 5.69 Å². The first kappa shape index (κ1) is 26.1. The summed E-state index contributed by atoms with van der Waals surface area (Å²) >= 11 is 6.37. The van der Waals surface area contributed by atoms with Gasteiger partial charge in [0.15, 0.2) is 11.6 Å². The van der Waals surface area contributed by atoms with E-state index in [0.717, 1.165) is 47.5 Å². The van der Waals surface area contributed by atoms with E-state index in [1.807, 2.05) is 37.2 Å². The molecule has 3 aromatic rings. The van der Waals surface area contributed by atoms with Crippen molar-refractivity contribution in [1.82, 2.24) is 24.6 Å². The molecular formula is C28H29ClF4N6. The molecule has 1 aliphatic carbocycles. The normalized spacial score (nSPS) is 18.7. The number of hydrogen-bond acceptors (Lipinski definition) is 5. The van der Waals surface area contributed by atoms with Crippen molar-refractivity contribution in [2.24, 2.45) is 5.41 Å². The van der Waals surface area contributed by atoms with Crippen LogP contribution in [0.25, 0.3) is 5.69 Å². The third-order valence-corrected chi connectivity index (χ3v) is 8.47. The van der Waals surface area contributed by atoms with Crippen molar-refractivity contribution in [2.75, 3.05) is 38.6 Å². The number of rotatable bonds is 5. The van der Waals surface area contributed by atoms with Crippen LogP contribution in [-0.4, -0.2) is 58.3 Å². The van der Waals surface area contributed by atoms with Crippen molar-refractivity contribution < 1.29 is 17.6 Å². The second-order valence-electron chi connectivity index (χ2n) is 11.3. The summed E-state index contributed by atoms with van der Waals surface area (Å²) in [6.45, 7) is 7.20. The van der Waals surface area contributed by atoms with E-state index in [1.54, 1.807) is 4.90 Å². The van der Waals surface area contributed by atoms with E-state index in [1.165, 1.54) is 12.1 Å². The van der Waals surface area contributed by atoms with Crippen LogP contribution in [0.3, 0.4) is 0 Å². The van der Waals surface area contributed by atoms with Crippen molar-refractivity contribution in [2.45, 2.75) is 38.0 Å². The molecule has 11 heteroatoms. The highest BCUT2D eigenvalue weighted by Crippen LogP contribution is 2.57. The monoisotopic (exact) mass is 560 g/mol. The van der Waals surface area contributed by atoms with Gasteiger partial charge in [0, 0.05) is 62.3 Å². The van der Waals surface area contributed by atoms with Crippen LogP contribution in [0.4, 0.5) is 23.2 Å². The maximum Gasteiger partial charge on any atom is 0.419 e. The van der Waals surface area contributed by atoms with E-state index >= 15 is 0 Å². The molecule has 1 spiro atoms. The van der Waals surface area contributed by atoms with Crippen LogP contribution in [-0.2, 0) is 19.3 Å². The molecule has 0 radical (unpaired) electrons. The third-order valence-electron chi connectivity index (χ3n) is 8.24. The highest BCUT2D eigenvalue weighted by atomic mass is 35.5. The zero-order valence-corrected chi connectivity index (χ0v) is 22.5. The maximum atomic E-state index is 14.7. The fourth-order valence-electron chi connectivity index (χ4n) is 6.21. The van der Waals surface area contributed by atoms with E-state index in [-0.39, 0.29) is 17.0 Å². The predicted octanol–water partition coefficient (Wildman–Crippen LogP) is 5.85. The summed E-state index contributed by atoms with van der Waals surface area (Å²) < 4.78 is 56.3. The van der Waals surface area contributed by atoms with Crippen molar-refractivity contribution >= 4 is 17.3 Å². The quantitative estimate of drug-likeness (QED) is 0.366. The molecule has 206 valence electrons. The van der Waals surface area contributed by atoms with Gasteiger partial charge in [-0.25, -0.2) is 4.39 Å². The summed E-state index contributed by atoms with van der Waals surface area (Å²) in [7, 11) is 3.95. The molecule has 0 unspecified atom stereocenters. The molecule has 6 rings (SSSR count). The molecule has 2 aromatic carbocycles. The summed E-state index contributed by atoms with van der Waals surface area (Å²) in [4.78, 5) is 5.98. The molecule has 3 aliphatic rings. The zero-order chi connectivity index (χ0) is 27.7. The van der Waals surface area contributed by atoms with Crippen LogP contribution in [0.5, 0.6) is 0 Å². The van der Waals surface area contributed by atoms with E-state index in [9.17, 15) is 17.6 Å². The van der Waals surface area contributed by atoms with Crippen LogP contribution in [0.15, 0.2) is 48.7 Å². The van der Waals surface area contributed by atoms with Gasteiger partial charge in [-0.15, -0.1) is 10.2 Å². The molecule has 0 atom stereocenters. The molecular weight excluding hydrogens is 532 g/mol. The van der Waals surface area contributed by atoms with Crippen LogP contribution in [0, 0.1) is 11.2 Å². The van der Waals surface area contributed by atoms with Gasteiger partial charge in [0.1, 0.15) is 5.82 Å². The maximum absolute atomic E-state index is 14.7. The zero-order valence-electron chi connectivity index (χ0n) is 21.8. The van der Waals surface area contributed by atoms with E-state index in [2.05, 4.69) is 26.2 Å². The largest absolute Gasteiger partial charge is 0.419 e. The Morgan fingerprint density at radius 3 is 2.54 bits per heavy atom. The van der Waals surface area contributed by atoms with Crippen LogP contribution in [0.2, 0.25) is 5.02 Å². The fraction of sp³-hybridized carbons (Fsp3) is 0.429. The number of hydrogen-bond donors (Lipinski definition) is 0. The summed E-state index contributed by atoms with van der Waals surface area (Å²) in [5.74, 6) is 0.692. The summed E-state index contributed by atoms with van der Waals surface area (Å²) in [5.41, 5.74) is 1.81. The first-order chi connectivity index (χ1) is 18.4. The van der Waals surface area contributed by atoms with Crippen LogP contribution < -0.4 is 4.90 Å². The lowest BCUT2D eigenvalue weighted by Gasteiger charge is -2.59. The molecule has 0 N–H and O–H groups in total. The number of aromatic nitrogens is 3. The molecule has 0 bridgehead atoms. The molecule has 1 saturated carbocycles. The first-order valence-corrected chi connectivity index (χ1v) is 13.2. The highest BCUT2D eigenvalue weighted by Gasteiger charge is 2.55. The Labute approximate surface area is 229 Å². The van der Waals surface area contributed by atoms with Gasteiger partial charge in [-0.2, -0.15) is 13.2 Å². The Morgan fingerprint density at radius 2 is 1.85 bits per heavy atom. The Kier molecular flexibility index (Phi) is 6.18. The van der Waals surface area contributed by atoms with Gasteiger partial charge >= 0.3 is 6.18 Å². The van der Waals surface area contributed by atoms with Gasteiger partial charge in [-0.1, -0.05) is 24.2 Å². The number of anilines is 1. The van der Waals surface area contributed by atoms with Gasteiger partial charge in [0.2, 0.25) is 0 Å². The highest BCUT2D eigenvalue weighted by molar-refractivity contribution is 6.30. The van der Waals surface area contributed by atoms with E-state index in [4.69, 9.17) is 11.6 Å². The predicted molar refractivity (Wildman–Crippen MR) is 141 cm³/mol. The Morgan fingerprint density at radius 1 is 1.10 bits per heavy atom. The van der Waals surface area contributed by atoms with Gasteiger partial charge in [-0.3, -0.25) is 9.47 Å². The summed E-state index contributed by atoms with van der Waals surface area (Å²) in [6.07, 6.45) is -3.07. The van der Waals surface area contributed by atoms with E-state index < -0.39 is 17.6 Å². The summed E-state index contributed by atoms with van der Waals surface area (Å²) in [5, 5.41) is 9.84. The number of fused-ring (bicyclic) bond motifs is 3. The van der Waals surface area contributed by atoms with Gasteiger partial charge < -0.3 is 9.80 Å². The third kappa shape index (κ3) is 4.57. The minimum absolute atomic E-state index is 0.0143. The van der Waals surface area contributed by atoms with Gasteiger partial charge in [0.25, 0.3) is 0 Å². The van der Waals surface area contributed by atoms with E-state index in [0.29, 0.717) is 37.7 Å². The second kappa shape index (κ2) is 9.23. The average molecular weight is 561 g/mol. The number of nitrogens with zero attached hydrogens (tertiary/aromatic N) is 6. The fourth-order valence-corrected chi connectivity index (χ4v) is 6.40. The molecule has 0 amide bonds. The lowest BCUT2D eigenvalue weighted by atomic mass is 9.57. The SMILES string of the molecule is C=C(CN1Cc2cc(Cl)ccc2-n2c(nnc2C2CC3(C2)CN(c2cccc(C(F)(F)F)c2F)C3)C1)N(C)C. The lowest BCUT2D eigenvalue weighted by Crippen LogP contribution is -2.62. The topological polar surface area (TPSA) is 40.4 Å². The van der Waals surface area contributed by atoms with Crippen molar-refractivity contribution in [1.29, 1.82) is 0 Å². The Bertz CT molecular complexity index is 1430. The molecule has 3 heterocycles. The van der Waals surface area contributed by atoms with Crippen molar-refractivity contribution in [3.63, 3.8) is 0 Å². The minimum Gasteiger partial charge on any atom is -0.380 e. The number of alkyl halides is 3. The molecule has 1 aromatic heterocycles. The number of likely N-dealkylation sites (N-methyl/N-ethyl adjacent to an activating group) is 1. The number of benzene rings is 2. The van der Waals surface area contributed by atoms with Gasteiger partial charge in [-0.05, 0) is 48.7 Å². The number of halogens is 5. The molecule has 6 nitrogen and oxygen atoms in total. The van der Waals surface area contributed by atoms with Crippen molar-refractivity contribution in [3.05, 3.63) is 82.3 Å². The first-order valence-electron chi connectivity index (χ1n) is 12.9. The van der Waals surface area contributed by atoms with Crippen LogP contribution >= 0.6 is 11.6 Å². The Balaban J connectivity index is 1.21. The molecule has 2 aliphatic heterocycles. The summed E-state index contributed by atoms with van der Waals surface area (Å²) in [6, 6.07) is 9.34. The Hall–Kier alpha value is -3.11. The standard InChI is InChI=1S/C28H29ClF4N6/c1-17(36(2)3)12-37-13-18-9-20(29)7-8-22(18)39-24(14-37)34-35-26(39)19-10-27(11-19)15-38(16-27)23-6-4-5-21(25(23)30)28(31,32)33/h4-9,19H,1,10-16H2,2-3H3. The smallest absolute Gasteiger partial charge is 0.380 e. The minimum atomic E-state index is -4.72. The second-order valence-corrected chi connectivity index (χ2v) is 11.7. The molecule has 39 heavy (non-hydrogen) atoms. The van der Waals surface area contributed by atoms with Crippen LogP contribution in [0.1, 0.15) is 41.5 Å². The van der Waals surface area contributed by atoms with Gasteiger partial charge in [0.05, 0.1) is 23.5 Å². The molecule has 2 fully saturated rings.